The monoisotopic (exact) mass is 342 g/mol. The summed E-state index contributed by atoms with van der Waals surface area (Å²) in [6.45, 7) is 1.52. The van der Waals surface area contributed by atoms with E-state index < -0.39 is 40.8 Å². The normalized spacial score (nSPS) is 12.5. The molecular formula is C14H12F6O3. The number of hydrogen-bond donors (Lipinski definition) is 0. The second-order valence-electron chi connectivity index (χ2n) is 4.23. The first kappa shape index (κ1) is 18.9. The van der Waals surface area contributed by atoms with Crippen LogP contribution in [0.5, 0.6) is 5.75 Å². The zero-order valence-electron chi connectivity index (χ0n) is 12.0. The van der Waals surface area contributed by atoms with Crippen molar-refractivity contribution in [2.75, 3.05) is 13.7 Å². The molecule has 0 heterocycles. The smallest absolute Gasteiger partial charge is 0.419 e. The van der Waals surface area contributed by atoms with Gasteiger partial charge in [0.05, 0.1) is 24.8 Å². The molecule has 0 atom stereocenters. The summed E-state index contributed by atoms with van der Waals surface area (Å²) in [7, 11) is 0.716. The standard InChI is InChI=1S/C14H12F6O3/c1-3-23-11(21)5-4-8-6-9(13(15,16)17)12(22-2)10(7-8)14(18,19)20/h4-7H,3H2,1-2H3/b5-4+. The van der Waals surface area contributed by atoms with E-state index in [1.807, 2.05) is 0 Å². The average Bonchev–Trinajstić information content (AvgIpc) is 2.42. The molecule has 1 aromatic rings. The fraction of sp³-hybridized carbons (Fsp3) is 0.357. The SMILES string of the molecule is CCOC(=O)/C=C/c1cc(C(F)(F)F)c(OC)c(C(F)(F)F)c1. The third kappa shape index (κ3) is 4.90. The highest BCUT2D eigenvalue weighted by molar-refractivity contribution is 5.87. The predicted octanol–water partition coefficient (Wildman–Crippen LogP) is 4.31. The molecule has 1 rings (SSSR count). The van der Waals surface area contributed by atoms with Crippen LogP contribution in [0.4, 0.5) is 26.3 Å². The van der Waals surface area contributed by atoms with Crippen LogP contribution in [-0.2, 0) is 21.9 Å². The first-order valence-corrected chi connectivity index (χ1v) is 6.22. The fourth-order valence-corrected chi connectivity index (χ4v) is 1.74. The summed E-state index contributed by atoms with van der Waals surface area (Å²) in [5.74, 6) is -2.20. The molecule has 0 aromatic heterocycles. The van der Waals surface area contributed by atoms with Crippen LogP contribution in [0, 0.1) is 0 Å². The van der Waals surface area contributed by atoms with Crippen LogP contribution in [0.25, 0.3) is 6.08 Å². The maximum absolute atomic E-state index is 12.9. The minimum Gasteiger partial charge on any atom is -0.495 e. The molecule has 23 heavy (non-hydrogen) atoms. The van der Waals surface area contributed by atoms with Gasteiger partial charge in [-0.1, -0.05) is 0 Å². The van der Waals surface area contributed by atoms with Gasteiger partial charge in [-0.05, 0) is 30.7 Å². The maximum atomic E-state index is 12.9. The minimum atomic E-state index is -5.06. The number of benzene rings is 1. The number of methoxy groups -OCH3 is 1. The van der Waals surface area contributed by atoms with E-state index in [2.05, 4.69) is 9.47 Å². The molecular weight excluding hydrogens is 330 g/mol. The Morgan fingerprint density at radius 2 is 1.57 bits per heavy atom. The molecule has 0 saturated carbocycles. The van der Waals surface area contributed by atoms with E-state index in [1.54, 1.807) is 0 Å². The Balaban J connectivity index is 3.48. The summed E-state index contributed by atoms with van der Waals surface area (Å²) >= 11 is 0. The van der Waals surface area contributed by atoms with Gasteiger partial charge in [0.1, 0.15) is 5.75 Å². The Kier molecular flexibility index (Phi) is 5.68. The minimum absolute atomic E-state index is 0.0212. The molecule has 0 aliphatic heterocycles. The van der Waals surface area contributed by atoms with Crippen LogP contribution >= 0.6 is 0 Å². The number of carbonyl (C=O) groups is 1. The second-order valence-corrected chi connectivity index (χ2v) is 4.23. The second kappa shape index (κ2) is 6.93. The molecule has 0 N–H and O–H groups in total. The summed E-state index contributed by atoms with van der Waals surface area (Å²) in [6, 6.07) is 0.924. The van der Waals surface area contributed by atoms with Crippen LogP contribution in [0.1, 0.15) is 23.6 Å². The van der Waals surface area contributed by atoms with Crippen LogP contribution in [0.2, 0.25) is 0 Å². The Hall–Kier alpha value is -2.19. The lowest BCUT2D eigenvalue weighted by Crippen LogP contribution is -2.14. The number of carbonyl (C=O) groups excluding carboxylic acids is 1. The van der Waals surface area contributed by atoms with Crippen molar-refractivity contribution in [2.45, 2.75) is 19.3 Å². The van der Waals surface area contributed by atoms with Crippen LogP contribution in [0.3, 0.4) is 0 Å². The van der Waals surface area contributed by atoms with Crippen molar-refractivity contribution in [3.8, 4) is 5.75 Å². The molecule has 9 heteroatoms. The Morgan fingerprint density at radius 3 is 1.91 bits per heavy atom. The van der Waals surface area contributed by atoms with E-state index in [4.69, 9.17) is 0 Å². The van der Waals surface area contributed by atoms with Gasteiger partial charge >= 0.3 is 18.3 Å². The molecule has 0 fully saturated rings. The van der Waals surface area contributed by atoms with Gasteiger partial charge < -0.3 is 9.47 Å². The molecule has 0 radical (unpaired) electrons. The summed E-state index contributed by atoms with van der Waals surface area (Å²) in [5.41, 5.74) is -3.63. The first-order chi connectivity index (χ1) is 10.5. The highest BCUT2D eigenvalue weighted by Crippen LogP contribution is 2.44. The Morgan fingerprint density at radius 1 is 1.09 bits per heavy atom. The van der Waals surface area contributed by atoms with E-state index in [0.717, 1.165) is 12.2 Å². The molecule has 0 unspecified atom stereocenters. The molecule has 0 aliphatic rings. The molecule has 0 spiro atoms. The number of rotatable bonds is 4. The Bertz CT molecular complexity index is 567. The number of ether oxygens (including phenoxy) is 2. The van der Waals surface area contributed by atoms with Crippen molar-refractivity contribution in [1.29, 1.82) is 0 Å². The summed E-state index contributed by atoms with van der Waals surface area (Å²) in [4.78, 5) is 11.1. The molecule has 0 saturated heterocycles. The van der Waals surface area contributed by atoms with Crippen molar-refractivity contribution in [1.82, 2.24) is 0 Å². The molecule has 3 nitrogen and oxygen atoms in total. The van der Waals surface area contributed by atoms with Gasteiger partial charge in [-0.3, -0.25) is 0 Å². The zero-order valence-corrected chi connectivity index (χ0v) is 12.0. The van der Waals surface area contributed by atoms with Crippen molar-refractivity contribution in [3.05, 3.63) is 34.9 Å². The van der Waals surface area contributed by atoms with Gasteiger partial charge in [0.25, 0.3) is 0 Å². The van der Waals surface area contributed by atoms with Gasteiger partial charge in [-0.2, -0.15) is 26.3 Å². The molecule has 0 bridgehead atoms. The predicted molar refractivity (Wildman–Crippen MR) is 68.7 cm³/mol. The summed E-state index contributed by atoms with van der Waals surface area (Å²) in [5, 5.41) is 0. The lowest BCUT2D eigenvalue weighted by Gasteiger charge is -2.18. The lowest BCUT2D eigenvalue weighted by atomic mass is 10.0. The number of hydrogen-bond acceptors (Lipinski definition) is 3. The summed E-state index contributed by atoms with van der Waals surface area (Å²) in [6.07, 6.45) is -8.56. The number of esters is 1. The highest BCUT2D eigenvalue weighted by Gasteiger charge is 2.42. The average molecular weight is 342 g/mol. The van der Waals surface area contributed by atoms with Gasteiger partial charge in [0.15, 0.2) is 0 Å². The van der Waals surface area contributed by atoms with Crippen molar-refractivity contribution in [3.63, 3.8) is 0 Å². The first-order valence-electron chi connectivity index (χ1n) is 6.22. The van der Waals surface area contributed by atoms with Crippen LogP contribution in [0.15, 0.2) is 18.2 Å². The van der Waals surface area contributed by atoms with E-state index in [0.29, 0.717) is 19.2 Å². The van der Waals surface area contributed by atoms with Gasteiger partial charge in [0, 0.05) is 6.08 Å². The molecule has 0 aliphatic carbocycles. The molecule has 0 amide bonds. The quantitative estimate of drug-likeness (QED) is 0.465. The van der Waals surface area contributed by atoms with Gasteiger partial charge in [-0.25, -0.2) is 4.79 Å². The van der Waals surface area contributed by atoms with Gasteiger partial charge in [-0.15, -0.1) is 0 Å². The fourth-order valence-electron chi connectivity index (χ4n) is 1.74. The summed E-state index contributed by atoms with van der Waals surface area (Å²) < 4.78 is 86.4. The van der Waals surface area contributed by atoms with Crippen molar-refractivity contribution in [2.24, 2.45) is 0 Å². The molecule has 1 aromatic carbocycles. The lowest BCUT2D eigenvalue weighted by molar-refractivity contribution is -0.145. The Labute approximate surface area is 127 Å². The van der Waals surface area contributed by atoms with Crippen molar-refractivity contribution < 1.29 is 40.6 Å². The van der Waals surface area contributed by atoms with E-state index in [-0.39, 0.29) is 6.61 Å². The maximum Gasteiger partial charge on any atom is 0.419 e. The van der Waals surface area contributed by atoms with Crippen molar-refractivity contribution >= 4 is 12.0 Å². The van der Waals surface area contributed by atoms with E-state index >= 15 is 0 Å². The zero-order chi connectivity index (χ0) is 17.8. The van der Waals surface area contributed by atoms with Crippen LogP contribution < -0.4 is 4.74 Å². The third-order valence-electron chi connectivity index (χ3n) is 2.62. The van der Waals surface area contributed by atoms with Gasteiger partial charge in [0.2, 0.25) is 0 Å². The van der Waals surface area contributed by atoms with Crippen LogP contribution in [-0.4, -0.2) is 19.7 Å². The number of alkyl halides is 6. The largest absolute Gasteiger partial charge is 0.495 e. The van der Waals surface area contributed by atoms with E-state index in [1.165, 1.54) is 6.92 Å². The topological polar surface area (TPSA) is 35.5 Å². The number of halogens is 6. The molecule has 128 valence electrons. The van der Waals surface area contributed by atoms with E-state index in [9.17, 15) is 31.1 Å². The third-order valence-corrected chi connectivity index (χ3v) is 2.62. The highest BCUT2D eigenvalue weighted by atomic mass is 19.4.